The number of nitrogens with zero attached hydrogens (tertiary/aromatic N) is 10. The fourth-order valence-electron chi connectivity index (χ4n) is 6.60. The van der Waals surface area contributed by atoms with Gasteiger partial charge in [-0.2, -0.15) is 20.4 Å². The van der Waals surface area contributed by atoms with E-state index < -0.39 is 0 Å². The maximum Gasteiger partial charge on any atom is 0.229 e. The van der Waals surface area contributed by atoms with Gasteiger partial charge in [-0.15, -0.1) is 0 Å². The van der Waals surface area contributed by atoms with Crippen LogP contribution in [0.4, 0.5) is 11.8 Å². The minimum atomic E-state index is -0.374. The Hall–Kier alpha value is -5.64. The first-order valence-corrected chi connectivity index (χ1v) is 16.0. The number of carbonyl (C=O) groups is 1. The summed E-state index contributed by atoms with van der Waals surface area (Å²) in [6.45, 7) is 2.35. The highest BCUT2D eigenvalue weighted by Crippen LogP contribution is 2.37. The van der Waals surface area contributed by atoms with Gasteiger partial charge >= 0.3 is 0 Å². The topological polar surface area (TPSA) is 155 Å². The average Bonchev–Trinajstić information content (AvgIpc) is 3.77. The van der Waals surface area contributed by atoms with Gasteiger partial charge in [0.15, 0.2) is 5.82 Å². The lowest BCUT2D eigenvalue weighted by atomic mass is 9.76. The highest BCUT2D eigenvalue weighted by atomic mass is 16.1. The van der Waals surface area contributed by atoms with Crippen molar-refractivity contribution in [2.24, 2.45) is 13.0 Å². The third kappa shape index (κ3) is 6.67. The molecule has 1 aromatic carbocycles. The maximum atomic E-state index is 13.8. The van der Waals surface area contributed by atoms with E-state index in [1.165, 1.54) is 0 Å². The molecule has 1 atom stereocenters. The molecule has 0 saturated heterocycles. The molecule has 1 fully saturated rings. The van der Waals surface area contributed by atoms with Crippen molar-refractivity contribution >= 4 is 17.7 Å². The smallest absolute Gasteiger partial charge is 0.229 e. The first kappa shape index (κ1) is 30.0. The van der Waals surface area contributed by atoms with Gasteiger partial charge in [0.1, 0.15) is 23.8 Å². The van der Waals surface area contributed by atoms with Crippen molar-refractivity contribution in [2.45, 2.75) is 57.3 Å². The lowest BCUT2D eigenvalue weighted by molar-refractivity contribution is -0.124. The van der Waals surface area contributed by atoms with Crippen molar-refractivity contribution in [3.63, 3.8) is 0 Å². The van der Waals surface area contributed by atoms with Gasteiger partial charge in [-0.3, -0.25) is 14.5 Å². The van der Waals surface area contributed by atoms with Gasteiger partial charge in [0, 0.05) is 49.7 Å². The first-order chi connectivity index (χ1) is 23.0. The lowest BCUT2D eigenvalue weighted by Crippen LogP contribution is -2.37. The largest absolute Gasteiger partial charge is 0.351 e. The molecule has 47 heavy (non-hydrogen) atoms. The summed E-state index contributed by atoms with van der Waals surface area (Å²) in [5.41, 5.74) is 4.21. The van der Waals surface area contributed by atoms with Crippen LogP contribution in [0.1, 0.15) is 54.2 Å². The Bertz CT molecular complexity index is 1870. The van der Waals surface area contributed by atoms with Crippen LogP contribution in [-0.2, 0) is 31.5 Å². The molecule has 0 spiro atoms. The molecule has 1 amide bonds. The number of nitrogens with one attached hydrogen (secondary N) is 2. The minimum absolute atomic E-state index is 0.00989. The molecule has 4 aromatic heterocycles. The predicted molar refractivity (Wildman–Crippen MR) is 175 cm³/mol. The minimum Gasteiger partial charge on any atom is -0.351 e. The van der Waals surface area contributed by atoms with Gasteiger partial charge < -0.3 is 15.5 Å². The summed E-state index contributed by atoms with van der Waals surface area (Å²) in [5.74, 6) is 1.69. The molecule has 0 bridgehead atoms. The number of hydrogen-bond donors (Lipinski definition) is 2. The van der Waals surface area contributed by atoms with E-state index in [4.69, 9.17) is 9.97 Å². The van der Waals surface area contributed by atoms with Crippen molar-refractivity contribution in [3.05, 3.63) is 96.2 Å². The summed E-state index contributed by atoms with van der Waals surface area (Å²) < 4.78 is 3.64. The van der Waals surface area contributed by atoms with Crippen LogP contribution in [-0.4, -0.2) is 58.0 Å². The van der Waals surface area contributed by atoms with Gasteiger partial charge in [0.25, 0.3) is 0 Å². The van der Waals surface area contributed by atoms with E-state index >= 15 is 0 Å². The molecule has 5 aromatic rings. The maximum absolute atomic E-state index is 13.8. The molecule has 5 heterocycles. The van der Waals surface area contributed by atoms with Crippen molar-refractivity contribution in [1.29, 1.82) is 5.26 Å². The Morgan fingerprint density at radius 2 is 1.83 bits per heavy atom. The molecule has 7 rings (SSSR count). The van der Waals surface area contributed by atoms with Gasteiger partial charge in [-0.05, 0) is 43.2 Å². The van der Waals surface area contributed by atoms with Gasteiger partial charge in [-0.1, -0.05) is 36.4 Å². The number of aryl methyl sites for hydroxylation is 1. The third-order valence-electron chi connectivity index (χ3n) is 9.11. The van der Waals surface area contributed by atoms with Crippen molar-refractivity contribution < 1.29 is 4.79 Å². The number of amides is 1. The summed E-state index contributed by atoms with van der Waals surface area (Å²) in [4.78, 5) is 34.3. The summed E-state index contributed by atoms with van der Waals surface area (Å²) >= 11 is 0. The molecule has 2 N–H and O–H groups in total. The molecule has 1 unspecified atom stereocenters. The summed E-state index contributed by atoms with van der Waals surface area (Å²) in [5, 5.41) is 25.0. The summed E-state index contributed by atoms with van der Waals surface area (Å²) in [6.07, 6.45) is 12.1. The molecule has 238 valence electrons. The zero-order chi connectivity index (χ0) is 32.2. The van der Waals surface area contributed by atoms with Crippen molar-refractivity contribution in [3.8, 4) is 17.2 Å². The molecule has 13 nitrogen and oxygen atoms in total. The third-order valence-corrected chi connectivity index (χ3v) is 9.11. The highest BCUT2D eigenvalue weighted by Gasteiger charge is 2.34. The SMILES string of the molecule is Cn1cc(-c2ccc(C(C(=O)NCc3ccccc3)[C@H]3CC[C@H](Nc4ncc(C#N)c(N5CCn6ncnc6C5)n4)CC3)nc2)cn1. The molecule has 1 aliphatic carbocycles. The van der Waals surface area contributed by atoms with Crippen LogP contribution in [0, 0.1) is 17.2 Å². The number of nitriles is 1. The zero-order valence-corrected chi connectivity index (χ0v) is 26.2. The Kier molecular flexibility index (Phi) is 8.55. The molecular formula is C34H36N12O. The Morgan fingerprint density at radius 1 is 0.979 bits per heavy atom. The molecular weight excluding hydrogens is 592 g/mol. The normalized spacial score (nSPS) is 18.2. The second kappa shape index (κ2) is 13.4. The van der Waals surface area contributed by atoms with E-state index in [2.05, 4.69) is 41.8 Å². The summed E-state index contributed by atoms with van der Waals surface area (Å²) in [7, 11) is 1.89. The van der Waals surface area contributed by atoms with Crippen molar-refractivity contribution in [1.82, 2.24) is 44.8 Å². The fraction of sp³-hybridized carbons (Fsp3) is 0.353. The monoisotopic (exact) mass is 628 g/mol. The first-order valence-electron chi connectivity index (χ1n) is 16.0. The lowest BCUT2D eigenvalue weighted by Gasteiger charge is -2.33. The molecule has 2 aliphatic rings. The standard InChI is InChI=1S/C34H36N12O/c1-44-20-27(19-40-44)25-9-12-29(36-17-25)31(33(47)37-16-23-5-3-2-4-6-23)24-7-10-28(11-8-24)42-34-38-18-26(15-35)32(43-34)45-13-14-46-30(21-45)39-22-41-46/h2-6,9,12,17-20,22,24,28,31H,7-8,10-11,13-14,16,21H2,1H3,(H,37,47)(H,38,42,43)/t24-,28-,31?. The summed E-state index contributed by atoms with van der Waals surface area (Å²) in [6, 6.07) is 16.3. The number of pyridine rings is 1. The van der Waals surface area contributed by atoms with Crippen LogP contribution in [0.25, 0.3) is 11.1 Å². The van der Waals surface area contributed by atoms with Gasteiger partial charge in [0.2, 0.25) is 11.9 Å². The molecule has 13 heteroatoms. The second-order valence-electron chi connectivity index (χ2n) is 12.2. The van der Waals surface area contributed by atoms with E-state index in [9.17, 15) is 10.1 Å². The molecule has 0 radical (unpaired) electrons. The van der Waals surface area contributed by atoms with Gasteiger partial charge in [0.05, 0.1) is 37.1 Å². The number of hydrogen-bond acceptors (Lipinski definition) is 10. The highest BCUT2D eigenvalue weighted by molar-refractivity contribution is 5.83. The number of carbonyl (C=O) groups excluding carboxylic acids is 1. The van der Waals surface area contributed by atoms with Crippen LogP contribution in [0.2, 0.25) is 0 Å². The van der Waals surface area contributed by atoms with Gasteiger partial charge in [-0.25, -0.2) is 14.6 Å². The van der Waals surface area contributed by atoms with Crippen LogP contribution in [0.15, 0.2) is 73.6 Å². The quantitative estimate of drug-likeness (QED) is 0.246. The Balaban J connectivity index is 1.04. The van der Waals surface area contributed by atoms with E-state index in [1.54, 1.807) is 17.2 Å². The number of anilines is 2. The molecule has 1 aliphatic heterocycles. The Morgan fingerprint density at radius 3 is 2.57 bits per heavy atom. The van der Waals surface area contributed by atoms with Crippen LogP contribution in [0.3, 0.4) is 0 Å². The van der Waals surface area contributed by atoms with E-state index in [-0.39, 0.29) is 23.8 Å². The number of aromatic nitrogens is 8. The van der Waals surface area contributed by atoms with E-state index in [0.29, 0.717) is 43.5 Å². The van der Waals surface area contributed by atoms with E-state index in [1.807, 2.05) is 72.8 Å². The number of fused-ring (bicyclic) bond motifs is 1. The zero-order valence-electron chi connectivity index (χ0n) is 26.2. The van der Waals surface area contributed by atoms with Crippen molar-refractivity contribution in [2.75, 3.05) is 16.8 Å². The van der Waals surface area contributed by atoms with E-state index in [0.717, 1.165) is 53.9 Å². The average molecular weight is 629 g/mol. The fourth-order valence-corrected chi connectivity index (χ4v) is 6.60. The number of rotatable bonds is 9. The number of benzene rings is 1. The van der Waals surface area contributed by atoms with Crippen LogP contribution in [0.5, 0.6) is 0 Å². The molecule has 1 saturated carbocycles. The van der Waals surface area contributed by atoms with Crippen LogP contribution < -0.4 is 15.5 Å². The second-order valence-corrected chi connectivity index (χ2v) is 12.2. The van der Waals surface area contributed by atoms with Crippen LogP contribution >= 0.6 is 0 Å². The Labute approximate surface area is 272 Å². The predicted octanol–water partition coefficient (Wildman–Crippen LogP) is 3.83.